The lowest BCUT2D eigenvalue weighted by molar-refractivity contribution is 0.0762. The van der Waals surface area contributed by atoms with Gasteiger partial charge in [-0.25, -0.2) is 4.98 Å². The summed E-state index contributed by atoms with van der Waals surface area (Å²) >= 11 is 1.40. The highest BCUT2D eigenvalue weighted by Crippen LogP contribution is 2.33. The van der Waals surface area contributed by atoms with Crippen LogP contribution in [0.15, 0.2) is 0 Å². The molecule has 0 radical (unpaired) electrons. The summed E-state index contributed by atoms with van der Waals surface area (Å²) in [5, 5.41) is 4.15. The van der Waals surface area contributed by atoms with Crippen molar-refractivity contribution in [3.63, 3.8) is 0 Å². The van der Waals surface area contributed by atoms with Crippen LogP contribution in [0, 0.1) is 5.92 Å². The Morgan fingerprint density at radius 2 is 2.20 bits per heavy atom. The minimum Gasteiger partial charge on any atom is -0.382 e. The number of nitrogen functional groups attached to an aromatic ring is 1. The average Bonchev–Trinajstić information content (AvgIpc) is 3.13. The first-order valence-electron chi connectivity index (χ1n) is 7.49. The summed E-state index contributed by atoms with van der Waals surface area (Å²) in [6.07, 6.45) is 6.14. The van der Waals surface area contributed by atoms with Crippen LogP contribution in [0.5, 0.6) is 0 Å². The predicted molar refractivity (Wildman–Crippen MR) is 82.1 cm³/mol. The normalized spacial score (nSPS) is 18.6. The number of aromatic nitrogens is 1. The van der Waals surface area contributed by atoms with Crippen LogP contribution in [0.3, 0.4) is 0 Å². The Morgan fingerprint density at radius 1 is 1.45 bits per heavy atom. The van der Waals surface area contributed by atoms with Crippen LogP contribution >= 0.6 is 11.3 Å². The molecular formula is C14H22N4OS. The van der Waals surface area contributed by atoms with Crippen molar-refractivity contribution in [2.75, 3.05) is 24.1 Å². The number of nitrogens with zero attached hydrogens (tertiary/aromatic N) is 2. The van der Waals surface area contributed by atoms with Crippen molar-refractivity contribution in [1.82, 2.24) is 9.88 Å². The van der Waals surface area contributed by atoms with Gasteiger partial charge in [0.25, 0.3) is 5.91 Å². The molecule has 1 aromatic heterocycles. The van der Waals surface area contributed by atoms with Crippen molar-refractivity contribution in [1.29, 1.82) is 0 Å². The first-order valence-corrected chi connectivity index (χ1v) is 8.31. The van der Waals surface area contributed by atoms with E-state index in [1.54, 1.807) is 0 Å². The molecule has 1 aromatic rings. The summed E-state index contributed by atoms with van der Waals surface area (Å²) in [5.41, 5.74) is 5.93. The molecular weight excluding hydrogens is 272 g/mol. The molecule has 5 nitrogen and oxygen atoms in total. The van der Waals surface area contributed by atoms with Crippen molar-refractivity contribution in [2.45, 2.75) is 45.1 Å². The number of nitrogens with one attached hydrogen (secondary N) is 1. The molecule has 0 bridgehead atoms. The quantitative estimate of drug-likeness (QED) is 0.846. The molecule has 0 saturated heterocycles. The first kappa shape index (κ1) is 13.7. The van der Waals surface area contributed by atoms with E-state index >= 15 is 0 Å². The van der Waals surface area contributed by atoms with Gasteiger partial charge in [0.15, 0.2) is 5.13 Å². The molecule has 110 valence electrons. The molecule has 3 N–H and O–H groups in total. The van der Waals surface area contributed by atoms with Gasteiger partial charge >= 0.3 is 0 Å². The zero-order chi connectivity index (χ0) is 14.1. The molecule has 6 heteroatoms. The standard InChI is InChI=1S/C14H22N4OS/c1-2-18(8-9-6-7-9)13(19)11-12(15)17-14(20-11)16-10-4-3-5-10/h9-10H,2-8,15H2,1H3,(H,16,17). The number of carbonyl (C=O) groups excluding carboxylic acids is 1. The second-order valence-corrected chi connectivity index (χ2v) is 6.79. The minimum atomic E-state index is 0.0380. The Kier molecular flexibility index (Phi) is 3.83. The molecule has 3 rings (SSSR count). The molecule has 0 unspecified atom stereocenters. The van der Waals surface area contributed by atoms with Crippen molar-refractivity contribution in [3.05, 3.63) is 4.88 Å². The van der Waals surface area contributed by atoms with Gasteiger partial charge in [-0.3, -0.25) is 4.79 Å². The van der Waals surface area contributed by atoms with E-state index in [2.05, 4.69) is 10.3 Å². The maximum absolute atomic E-state index is 12.5. The number of amides is 1. The Labute approximate surface area is 123 Å². The Morgan fingerprint density at radius 3 is 2.75 bits per heavy atom. The molecule has 1 amide bonds. The van der Waals surface area contributed by atoms with Crippen LogP contribution in [0.25, 0.3) is 0 Å². The van der Waals surface area contributed by atoms with E-state index in [1.165, 1.54) is 43.4 Å². The van der Waals surface area contributed by atoms with Crippen LogP contribution in [0.4, 0.5) is 10.9 Å². The van der Waals surface area contributed by atoms with Gasteiger partial charge in [0, 0.05) is 19.1 Å². The van der Waals surface area contributed by atoms with Crippen molar-refractivity contribution in [3.8, 4) is 0 Å². The van der Waals surface area contributed by atoms with E-state index in [0.717, 1.165) is 18.2 Å². The molecule has 2 fully saturated rings. The second kappa shape index (κ2) is 5.60. The number of thiazole rings is 1. The monoisotopic (exact) mass is 294 g/mol. The van der Waals surface area contributed by atoms with Gasteiger partial charge in [-0.2, -0.15) is 0 Å². The Bertz CT molecular complexity index is 493. The van der Waals surface area contributed by atoms with E-state index < -0.39 is 0 Å². The maximum Gasteiger partial charge on any atom is 0.267 e. The number of hydrogen-bond donors (Lipinski definition) is 2. The topological polar surface area (TPSA) is 71.2 Å². The number of carbonyl (C=O) groups is 1. The van der Waals surface area contributed by atoms with E-state index in [4.69, 9.17) is 5.73 Å². The minimum absolute atomic E-state index is 0.0380. The molecule has 1 heterocycles. The van der Waals surface area contributed by atoms with Crippen molar-refractivity contribution < 1.29 is 4.79 Å². The second-order valence-electron chi connectivity index (χ2n) is 5.79. The molecule has 0 atom stereocenters. The highest BCUT2D eigenvalue weighted by molar-refractivity contribution is 7.18. The van der Waals surface area contributed by atoms with E-state index in [0.29, 0.717) is 22.7 Å². The Hall–Kier alpha value is -1.30. The summed E-state index contributed by atoms with van der Waals surface area (Å²) in [6, 6.07) is 0.511. The zero-order valence-electron chi connectivity index (χ0n) is 11.9. The molecule has 2 saturated carbocycles. The largest absolute Gasteiger partial charge is 0.382 e. The lowest BCUT2D eigenvalue weighted by Crippen LogP contribution is -2.32. The first-order chi connectivity index (χ1) is 9.67. The Balaban J connectivity index is 1.68. The van der Waals surface area contributed by atoms with E-state index in [-0.39, 0.29) is 5.91 Å². The van der Waals surface area contributed by atoms with Crippen LogP contribution in [0.1, 0.15) is 48.7 Å². The zero-order valence-corrected chi connectivity index (χ0v) is 12.7. The fourth-order valence-electron chi connectivity index (χ4n) is 2.39. The van der Waals surface area contributed by atoms with Gasteiger partial charge in [0.05, 0.1) is 0 Å². The van der Waals surface area contributed by atoms with Gasteiger partial charge in [-0.05, 0) is 44.9 Å². The summed E-state index contributed by atoms with van der Waals surface area (Å²) in [6.45, 7) is 3.61. The SMILES string of the molecule is CCN(CC1CC1)C(=O)c1sc(NC2CCC2)nc1N. The lowest BCUT2D eigenvalue weighted by Gasteiger charge is -2.25. The molecule has 2 aliphatic carbocycles. The molecule has 0 aliphatic heterocycles. The molecule has 2 aliphatic rings. The third-order valence-electron chi connectivity index (χ3n) is 4.12. The van der Waals surface area contributed by atoms with Gasteiger partial charge in [0.2, 0.25) is 0 Å². The molecule has 0 aromatic carbocycles. The number of hydrogen-bond acceptors (Lipinski definition) is 5. The maximum atomic E-state index is 12.5. The third-order valence-corrected chi connectivity index (χ3v) is 5.12. The summed E-state index contributed by atoms with van der Waals surface area (Å²) in [4.78, 5) is 19.3. The summed E-state index contributed by atoms with van der Waals surface area (Å²) in [7, 11) is 0. The third kappa shape index (κ3) is 2.90. The summed E-state index contributed by atoms with van der Waals surface area (Å²) in [5.74, 6) is 1.10. The van der Waals surface area contributed by atoms with Gasteiger partial charge in [-0.1, -0.05) is 11.3 Å². The fourth-order valence-corrected chi connectivity index (χ4v) is 3.31. The van der Waals surface area contributed by atoms with Crippen LogP contribution in [0.2, 0.25) is 0 Å². The highest BCUT2D eigenvalue weighted by atomic mass is 32.1. The lowest BCUT2D eigenvalue weighted by atomic mass is 9.93. The predicted octanol–water partition coefficient (Wildman–Crippen LogP) is 2.56. The highest BCUT2D eigenvalue weighted by Gasteiger charge is 2.29. The van der Waals surface area contributed by atoms with Crippen LogP contribution in [-0.4, -0.2) is 34.9 Å². The molecule has 20 heavy (non-hydrogen) atoms. The van der Waals surface area contributed by atoms with Gasteiger partial charge < -0.3 is 16.0 Å². The van der Waals surface area contributed by atoms with Crippen molar-refractivity contribution in [2.24, 2.45) is 5.92 Å². The fraction of sp³-hybridized carbons (Fsp3) is 0.714. The number of anilines is 2. The van der Waals surface area contributed by atoms with Gasteiger partial charge in [0.1, 0.15) is 10.7 Å². The van der Waals surface area contributed by atoms with E-state index in [1.807, 2.05) is 11.8 Å². The molecule has 0 spiro atoms. The van der Waals surface area contributed by atoms with Crippen LogP contribution in [-0.2, 0) is 0 Å². The van der Waals surface area contributed by atoms with E-state index in [9.17, 15) is 4.79 Å². The average molecular weight is 294 g/mol. The summed E-state index contributed by atoms with van der Waals surface area (Å²) < 4.78 is 0. The smallest absolute Gasteiger partial charge is 0.267 e. The van der Waals surface area contributed by atoms with Crippen LogP contribution < -0.4 is 11.1 Å². The number of rotatable bonds is 6. The van der Waals surface area contributed by atoms with Crippen molar-refractivity contribution >= 4 is 28.2 Å². The van der Waals surface area contributed by atoms with Gasteiger partial charge in [-0.15, -0.1) is 0 Å². The number of nitrogens with two attached hydrogens (primary N) is 1.